The van der Waals surface area contributed by atoms with Crippen LogP contribution in [0.1, 0.15) is 0 Å². The first-order valence-electron chi connectivity index (χ1n) is 5.51. The molecule has 0 radical (unpaired) electrons. The predicted octanol–water partition coefficient (Wildman–Crippen LogP) is 1.91. The standard InChI is InChI=1S/C12H9N5O2/c13-11-10-5-2-6-14-12(10)16(15-11)8-3-1-4-9(7-8)17(18)19/h1-7H,(H2,13,15). The largest absolute Gasteiger partial charge is 0.382 e. The molecule has 0 atom stereocenters. The van der Waals surface area contributed by atoms with E-state index in [0.29, 0.717) is 22.5 Å². The molecule has 0 aliphatic rings. The number of anilines is 1. The zero-order chi connectivity index (χ0) is 13.4. The third-order valence-corrected chi connectivity index (χ3v) is 2.76. The summed E-state index contributed by atoms with van der Waals surface area (Å²) in [7, 11) is 0. The Labute approximate surface area is 107 Å². The lowest BCUT2D eigenvalue weighted by Crippen LogP contribution is -1.99. The Morgan fingerprint density at radius 2 is 2.11 bits per heavy atom. The highest BCUT2D eigenvalue weighted by Crippen LogP contribution is 2.23. The monoisotopic (exact) mass is 255 g/mol. The van der Waals surface area contributed by atoms with Gasteiger partial charge in [-0.1, -0.05) is 6.07 Å². The molecule has 0 amide bonds. The van der Waals surface area contributed by atoms with Crippen molar-refractivity contribution in [3.8, 4) is 5.69 Å². The number of nitrogen functional groups attached to an aromatic ring is 1. The van der Waals surface area contributed by atoms with E-state index in [1.165, 1.54) is 16.8 Å². The van der Waals surface area contributed by atoms with Crippen LogP contribution in [0.5, 0.6) is 0 Å². The van der Waals surface area contributed by atoms with Crippen molar-refractivity contribution in [3.05, 3.63) is 52.7 Å². The van der Waals surface area contributed by atoms with Gasteiger partial charge in [-0.25, -0.2) is 9.67 Å². The van der Waals surface area contributed by atoms with Crippen molar-refractivity contribution in [3.63, 3.8) is 0 Å². The van der Waals surface area contributed by atoms with E-state index in [9.17, 15) is 10.1 Å². The highest BCUT2D eigenvalue weighted by Gasteiger charge is 2.12. The Bertz CT molecular complexity index is 781. The average molecular weight is 255 g/mol. The lowest BCUT2D eigenvalue weighted by Gasteiger charge is -2.01. The van der Waals surface area contributed by atoms with Crippen LogP contribution in [0.25, 0.3) is 16.7 Å². The van der Waals surface area contributed by atoms with Gasteiger partial charge in [0, 0.05) is 18.3 Å². The molecule has 7 heteroatoms. The molecule has 3 rings (SSSR count). The molecule has 1 aromatic carbocycles. The topological polar surface area (TPSA) is 99.9 Å². The van der Waals surface area contributed by atoms with Crippen molar-refractivity contribution in [2.24, 2.45) is 0 Å². The first kappa shape index (κ1) is 11.1. The summed E-state index contributed by atoms with van der Waals surface area (Å²) in [6.45, 7) is 0. The lowest BCUT2D eigenvalue weighted by molar-refractivity contribution is -0.384. The molecule has 2 aromatic heterocycles. The summed E-state index contributed by atoms with van der Waals surface area (Å²) in [4.78, 5) is 14.5. The highest BCUT2D eigenvalue weighted by atomic mass is 16.6. The molecule has 0 aliphatic heterocycles. The zero-order valence-electron chi connectivity index (χ0n) is 9.72. The number of nitro benzene ring substituents is 1. The van der Waals surface area contributed by atoms with Crippen LogP contribution in [0.15, 0.2) is 42.6 Å². The third-order valence-electron chi connectivity index (χ3n) is 2.76. The zero-order valence-corrected chi connectivity index (χ0v) is 9.72. The summed E-state index contributed by atoms with van der Waals surface area (Å²) in [5.74, 6) is 0.342. The smallest absolute Gasteiger partial charge is 0.271 e. The second-order valence-electron chi connectivity index (χ2n) is 3.95. The number of nitro groups is 1. The summed E-state index contributed by atoms with van der Waals surface area (Å²) in [6, 6.07) is 9.73. The van der Waals surface area contributed by atoms with Gasteiger partial charge in [0.2, 0.25) is 0 Å². The van der Waals surface area contributed by atoms with Crippen molar-refractivity contribution in [1.29, 1.82) is 0 Å². The minimum absolute atomic E-state index is 0.00403. The summed E-state index contributed by atoms with van der Waals surface area (Å²) in [6.07, 6.45) is 1.62. The molecule has 0 bridgehead atoms. The first-order valence-corrected chi connectivity index (χ1v) is 5.51. The Kier molecular flexibility index (Phi) is 2.38. The van der Waals surface area contributed by atoms with Gasteiger partial charge < -0.3 is 5.73 Å². The quantitative estimate of drug-likeness (QED) is 0.557. The van der Waals surface area contributed by atoms with Gasteiger partial charge in [-0.15, -0.1) is 5.10 Å². The fourth-order valence-electron chi connectivity index (χ4n) is 1.89. The predicted molar refractivity (Wildman–Crippen MR) is 69.9 cm³/mol. The molecular formula is C12H9N5O2. The molecule has 2 N–H and O–H groups in total. The van der Waals surface area contributed by atoms with E-state index in [1.54, 1.807) is 30.5 Å². The summed E-state index contributed by atoms with van der Waals surface area (Å²) >= 11 is 0. The molecule has 2 heterocycles. The number of aromatic nitrogens is 3. The molecule has 94 valence electrons. The minimum atomic E-state index is -0.452. The first-order chi connectivity index (χ1) is 9.16. The average Bonchev–Trinajstić information content (AvgIpc) is 2.77. The molecule has 0 spiro atoms. The van der Waals surface area contributed by atoms with E-state index in [-0.39, 0.29) is 5.69 Å². The molecule has 7 nitrogen and oxygen atoms in total. The Morgan fingerprint density at radius 1 is 1.26 bits per heavy atom. The maximum Gasteiger partial charge on any atom is 0.271 e. The highest BCUT2D eigenvalue weighted by molar-refractivity contribution is 5.87. The summed E-state index contributed by atoms with van der Waals surface area (Å²) in [5.41, 5.74) is 6.92. The normalized spacial score (nSPS) is 10.7. The number of pyridine rings is 1. The molecule has 19 heavy (non-hydrogen) atoms. The Morgan fingerprint density at radius 3 is 2.89 bits per heavy atom. The number of fused-ring (bicyclic) bond motifs is 1. The summed E-state index contributed by atoms with van der Waals surface area (Å²) < 4.78 is 1.50. The van der Waals surface area contributed by atoms with Gasteiger partial charge in [0.15, 0.2) is 11.5 Å². The van der Waals surface area contributed by atoms with Gasteiger partial charge in [-0.3, -0.25) is 10.1 Å². The Balaban J connectivity index is 2.25. The van der Waals surface area contributed by atoms with Crippen LogP contribution in [0.2, 0.25) is 0 Å². The Hall–Kier alpha value is -2.96. The molecule has 0 saturated carbocycles. The maximum atomic E-state index is 10.8. The van der Waals surface area contributed by atoms with E-state index < -0.39 is 4.92 Å². The molecule has 0 aliphatic carbocycles. The van der Waals surface area contributed by atoms with Gasteiger partial charge in [-0.2, -0.15) is 0 Å². The van der Waals surface area contributed by atoms with E-state index in [2.05, 4.69) is 10.1 Å². The van der Waals surface area contributed by atoms with Crippen molar-refractivity contribution >= 4 is 22.5 Å². The van der Waals surface area contributed by atoms with E-state index >= 15 is 0 Å². The van der Waals surface area contributed by atoms with E-state index in [1.807, 2.05) is 0 Å². The van der Waals surface area contributed by atoms with Gasteiger partial charge in [0.25, 0.3) is 5.69 Å². The third kappa shape index (κ3) is 1.77. The van der Waals surface area contributed by atoms with E-state index in [4.69, 9.17) is 5.73 Å². The minimum Gasteiger partial charge on any atom is -0.382 e. The number of non-ortho nitro benzene ring substituents is 1. The SMILES string of the molecule is Nc1nn(-c2cccc([N+](=O)[O-])c2)c2ncccc12. The lowest BCUT2D eigenvalue weighted by atomic mass is 10.3. The maximum absolute atomic E-state index is 10.8. The van der Waals surface area contributed by atoms with Gasteiger partial charge in [-0.05, 0) is 18.2 Å². The van der Waals surface area contributed by atoms with Gasteiger partial charge in [0.05, 0.1) is 16.0 Å². The molecule has 0 fully saturated rings. The molecular weight excluding hydrogens is 246 g/mol. The molecule has 3 aromatic rings. The summed E-state index contributed by atoms with van der Waals surface area (Å²) in [5, 5.41) is 15.7. The van der Waals surface area contributed by atoms with Gasteiger partial charge >= 0.3 is 0 Å². The van der Waals surface area contributed by atoms with Crippen LogP contribution >= 0.6 is 0 Å². The van der Waals surface area contributed by atoms with Crippen molar-refractivity contribution in [1.82, 2.24) is 14.8 Å². The van der Waals surface area contributed by atoms with Crippen LogP contribution < -0.4 is 5.73 Å². The second-order valence-corrected chi connectivity index (χ2v) is 3.95. The second kappa shape index (κ2) is 4.05. The fourth-order valence-corrected chi connectivity index (χ4v) is 1.89. The number of rotatable bonds is 2. The van der Waals surface area contributed by atoms with Crippen LogP contribution in [-0.2, 0) is 0 Å². The van der Waals surface area contributed by atoms with Crippen LogP contribution in [0.4, 0.5) is 11.5 Å². The van der Waals surface area contributed by atoms with Crippen LogP contribution in [0, 0.1) is 10.1 Å². The number of nitrogens with zero attached hydrogens (tertiary/aromatic N) is 4. The van der Waals surface area contributed by atoms with Crippen LogP contribution in [-0.4, -0.2) is 19.7 Å². The fraction of sp³-hybridized carbons (Fsp3) is 0. The molecule has 0 unspecified atom stereocenters. The number of nitrogens with two attached hydrogens (primary N) is 1. The van der Waals surface area contributed by atoms with Crippen molar-refractivity contribution in [2.45, 2.75) is 0 Å². The van der Waals surface area contributed by atoms with Crippen LogP contribution in [0.3, 0.4) is 0 Å². The van der Waals surface area contributed by atoms with Gasteiger partial charge in [0.1, 0.15) is 0 Å². The molecule has 0 saturated heterocycles. The number of hydrogen-bond donors (Lipinski definition) is 1. The number of hydrogen-bond acceptors (Lipinski definition) is 5. The van der Waals surface area contributed by atoms with Crippen molar-refractivity contribution in [2.75, 3.05) is 5.73 Å². The van der Waals surface area contributed by atoms with Crippen molar-refractivity contribution < 1.29 is 4.92 Å². The number of benzene rings is 1. The van der Waals surface area contributed by atoms with E-state index in [0.717, 1.165) is 0 Å².